The number of carbonyl (C=O) groups is 1. The number of hydrogen-bond acceptors (Lipinski definition) is 3. The molecule has 1 heterocycles. The van der Waals surface area contributed by atoms with Gasteiger partial charge in [0.05, 0.1) is 12.2 Å². The van der Waals surface area contributed by atoms with Crippen molar-refractivity contribution >= 4 is 5.97 Å². The van der Waals surface area contributed by atoms with Crippen LogP contribution in [0.15, 0.2) is 0 Å². The van der Waals surface area contributed by atoms with Crippen LogP contribution in [0.2, 0.25) is 0 Å². The first-order chi connectivity index (χ1) is 6.24. The summed E-state index contributed by atoms with van der Waals surface area (Å²) in [6.45, 7) is 2.17. The number of carboxylic acid groups (broad SMARTS) is 1. The Balaban J connectivity index is 0.00000169. The molecule has 1 fully saturated rings. The number of unbranched alkanes of at least 4 members (excludes halogenated alkanes) is 3. The molecule has 76 valence electrons. The summed E-state index contributed by atoms with van der Waals surface area (Å²) in [7, 11) is 0. The van der Waals surface area contributed by atoms with E-state index in [0.717, 1.165) is 12.8 Å². The normalized spacial score (nSPS) is 24.1. The van der Waals surface area contributed by atoms with Crippen LogP contribution < -0.4 is 34.7 Å². The number of carboxylic acids is 1. The van der Waals surface area contributed by atoms with E-state index in [2.05, 4.69) is 6.92 Å². The summed E-state index contributed by atoms with van der Waals surface area (Å²) in [4.78, 5) is 10.2. The van der Waals surface area contributed by atoms with Gasteiger partial charge in [-0.15, -0.1) is 0 Å². The van der Waals surface area contributed by atoms with E-state index in [4.69, 9.17) is 4.74 Å². The van der Waals surface area contributed by atoms with Crippen LogP contribution in [-0.2, 0) is 9.53 Å². The zero-order valence-electron chi connectivity index (χ0n) is 9.12. The van der Waals surface area contributed by atoms with Gasteiger partial charge in [0.15, 0.2) is 0 Å². The third kappa shape index (κ3) is 6.02. The smallest absolute Gasteiger partial charge is 0.550 e. The fourth-order valence-corrected chi connectivity index (χ4v) is 1.55. The van der Waals surface area contributed by atoms with Gasteiger partial charge in [-0.25, -0.2) is 0 Å². The summed E-state index contributed by atoms with van der Waals surface area (Å²) in [5, 5.41) is 10.2. The van der Waals surface area contributed by atoms with Gasteiger partial charge in [0.2, 0.25) is 0 Å². The van der Waals surface area contributed by atoms with Gasteiger partial charge in [-0.05, 0) is 6.42 Å². The van der Waals surface area contributed by atoms with Gasteiger partial charge in [0, 0.05) is 12.4 Å². The van der Waals surface area contributed by atoms with Crippen molar-refractivity contribution in [1.29, 1.82) is 0 Å². The molecule has 3 nitrogen and oxygen atoms in total. The number of hydrogen-bond donors (Lipinski definition) is 0. The molecular formula is C10H17NaO3. The van der Waals surface area contributed by atoms with E-state index < -0.39 is 5.97 Å². The van der Waals surface area contributed by atoms with Crippen molar-refractivity contribution in [1.82, 2.24) is 0 Å². The second-order valence-corrected chi connectivity index (χ2v) is 3.64. The summed E-state index contributed by atoms with van der Waals surface area (Å²) in [6.07, 6.45) is 6.11. The van der Waals surface area contributed by atoms with Crippen molar-refractivity contribution in [2.45, 2.75) is 57.7 Å². The molecule has 1 rings (SSSR count). The number of epoxide rings is 1. The van der Waals surface area contributed by atoms with Crippen molar-refractivity contribution < 1.29 is 44.2 Å². The first-order valence-electron chi connectivity index (χ1n) is 5.09. The van der Waals surface area contributed by atoms with Crippen LogP contribution >= 0.6 is 0 Å². The molecule has 14 heavy (non-hydrogen) atoms. The van der Waals surface area contributed by atoms with E-state index in [-0.39, 0.29) is 48.2 Å². The Morgan fingerprint density at radius 1 is 1.29 bits per heavy atom. The molecule has 0 saturated carbocycles. The maximum atomic E-state index is 10.2. The average molecular weight is 208 g/mol. The Hall–Kier alpha value is 0.430. The predicted octanol–water partition coefficient (Wildman–Crippen LogP) is -2.13. The van der Waals surface area contributed by atoms with Crippen LogP contribution in [0.4, 0.5) is 0 Å². The fraction of sp³-hybridized carbons (Fsp3) is 0.900. The Morgan fingerprint density at radius 2 is 2.00 bits per heavy atom. The molecule has 1 aliphatic heterocycles. The largest absolute Gasteiger partial charge is 1.00 e. The monoisotopic (exact) mass is 208 g/mol. The zero-order chi connectivity index (χ0) is 9.68. The third-order valence-electron chi connectivity index (χ3n) is 2.40. The molecular weight excluding hydrogens is 191 g/mol. The zero-order valence-corrected chi connectivity index (χ0v) is 11.1. The van der Waals surface area contributed by atoms with Gasteiger partial charge in [-0.1, -0.05) is 32.6 Å². The Kier molecular flexibility index (Phi) is 7.92. The molecule has 0 aromatic heterocycles. The maximum absolute atomic E-state index is 10.2. The van der Waals surface area contributed by atoms with Crippen molar-refractivity contribution in [2.24, 2.45) is 0 Å². The van der Waals surface area contributed by atoms with Gasteiger partial charge in [0.1, 0.15) is 0 Å². The van der Waals surface area contributed by atoms with Gasteiger partial charge in [0.25, 0.3) is 0 Å². The standard InChI is InChI=1S/C10H18O3.Na/c1-2-3-4-5-6-8-9(13-8)7-10(11)12;/h8-9H,2-7H2,1H3,(H,11,12);/q;+1/p-1. The minimum absolute atomic E-state index is 0. The molecule has 0 aromatic rings. The SMILES string of the molecule is CCCCCCC1OC1CC(=O)[O-].[Na+]. The Labute approximate surface area is 108 Å². The molecule has 0 amide bonds. The summed E-state index contributed by atoms with van der Waals surface area (Å²) in [5.41, 5.74) is 0. The molecule has 0 bridgehead atoms. The molecule has 0 spiro atoms. The summed E-state index contributed by atoms with van der Waals surface area (Å²) in [5.74, 6) is -0.999. The molecule has 0 aliphatic carbocycles. The summed E-state index contributed by atoms with van der Waals surface area (Å²) in [6, 6.07) is 0. The number of rotatable bonds is 7. The van der Waals surface area contributed by atoms with Gasteiger partial charge < -0.3 is 14.6 Å². The Morgan fingerprint density at radius 3 is 2.57 bits per heavy atom. The van der Waals surface area contributed by atoms with Crippen LogP contribution in [-0.4, -0.2) is 18.2 Å². The van der Waals surface area contributed by atoms with Crippen molar-refractivity contribution in [2.75, 3.05) is 0 Å². The second kappa shape index (κ2) is 7.69. The van der Waals surface area contributed by atoms with Crippen molar-refractivity contribution in [3.63, 3.8) is 0 Å². The summed E-state index contributed by atoms with van der Waals surface area (Å²) < 4.78 is 5.19. The van der Waals surface area contributed by atoms with E-state index in [1.165, 1.54) is 19.3 Å². The first-order valence-corrected chi connectivity index (χ1v) is 5.09. The van der Waals surface area contributed by atoms with Gasteiger partial charge >= 0.3 is 29.6 Å². The summed E-state index contributed by atoms with van der Waals surface area (Å²) >= 11 is 0. The maximum Gasteiger partial charge on any atom is 1.00 e. The number of carbonyl (C=O) groups excluding carboxylic acids is 1. The minimum atomic E-state index is -0.999. The van der Waals surface area contributed by atoms with Crippen LogP contribution in [0, 0.1) is 0 Å². The molecule has 0 N–H and O–H groups in total. The number of ether oxygens (including phenoxy) is 1. The predicted molar refractivity (Wildman–Crippen MR) is 47.0 cm³/mol. The van der Waals surface area contributed by atoms with Crippen LogP contribution in [0.1, 0.15) is 45.4 Å². The topological polar surface area (TPSA) is 52.7 Å². The molecule has 2 unspecified atom stereocenters. The average Bonchev–Trinajstić information content (AvgIpc) is 2.76. The van der Waals surface area contributed by atoms with Crippen LogP contribution in [0.3, 0.4) is 0 Å². The quantitative estimate of drug-likeness (QED) is 0.273. The van der Waals surface area contributed by atoms with Crippen LogP contribution in [0.5, 0.6) is 0 Å². The molecule has 0 radical (unpaired) electrons. The fourth-order valence-electron chi connectivity index (χ4n) is 1.55. The first kappa shape index (κ1) is 14.4. The van der Waals surface area contributed by atoms with E-state index in [0.29, 0.717) is 0 Å². The number of aliphatic carboxylic acids is 1. The third-order valence-corrected chi connectivity index (χ3v) is 2.40. The molecule has 2 atom stereocenters. The second-order valence-electron chi connectivity index (χ2n) is 3.64. The van der Waals surface area contributed by atoms with Crippen molar-refractivity contribution in [3.8, 4) is 0 Å². The van der Waals surface area contributed by atoms with Crippen LogP contribution in [0.25, 0.3) is 0 Å². The molecule has 4 heteroatoms. The van der Waals surface area contributed by atoms with Crippen molar-refractivity contribution in [3.05, 3.63) is 0 Å². The molecule has 1 saturated heterocycles. The minimum Gasteiger partial charge on any atom is -0.550 e. The van der Waals surface area contributed by atoms with E-state index >= 15 is 0 Å². The van der Waals surface area contributed by atoms with Gasteiger partial charge in [-0.2, -0.15) is 0 Å². The van der Waals surface area contributed by atoms with Gasteiger partial charge in [-0.3, -0.25) is 0 Å². The van der Waals surface area contributed by atoms with E-state index in [9.17, 15) is 9.90 Å². The van der Waals surface area contributed by atoms with E-state index in [1.54, 1.807) is 0 Å². The molecule has 1 aliphatic rings. The molecule has 0 aromatic carbocycles. The Bertz CT molecular complexity index is 173. The van der Waals surface area contributed by atoms with E-state index in [1.807, 2.05) is 0 Å².